The highest BCUT2D eigenvalue weighted by Crippen LogP contribution is 2.15. The highest BCUT2D eigenvalue weighted by molar-refractivity contribution is 5.79. The molecule has 0 fully saturated rings. The van der Waals surface area contributed by atoms with Crippen molar-refractivity contribution in [2.75, 3.05) is 20.1 Å². The van der Waals surface area contributed by atoms with Gasteiger partial charge >= 0.3 is 0 Å². The highest BCUT2D eigenvalue weighted by Gasteiger charge is 2.06. The highest BCUT2D eigenvalue weighted by atomic mass is 15.2. The van der Waals surface area contributed by atoms with Gasteiger partial charge in [0, 0.05) is 39.1 Å². The van der Waals surface area contributed by atoms with E-state index in [1.54, 1.807) is 6.20 Å². The monoisotopic (exact) mass is 313 g/mol. The van der Waals surface area contributed by atoms with Crippen LogP contribution in [0.5, 0.6) is 0 Å². The lowest BCUT2D eigenvalue weighted by molar-refractivity contribution is 0.620. The first-order valence-electron chi connectivity index (χ1n) is 8.16. The van der Waals surface area contributed by atoms with Crippen molar-refractivity contribution in [2.24, 2.45) is 4.99 Å². The Morgan fingerprint density at radius 2 is 2.22 bits per heavy atom. The maximum Gasteiger partial charge on any atom is 0.190 e. The van der Waals surface area contributed by atoms with E-state index in [4.69, 9.17) is 0 Å². The van der Waals surface area contributed by atoms with Crippen molar-refractivity contribution in [2.45, 2.75) is 32.7 Å². The zero-order chi connectivity index (χ0) is 16.5. The van der Waals surface area contributed by atoms with Crippen LogP contribution < -0.4 is 10.6 Å². The summed E-state index contributed by atoms with van der Waals surface area (Å²) in [6.07, 6.45) is 6.66. The number of hydrogen-bond donors (Lipinski definition) is 2. The zero-order valence-corrected chi connectivity index (χ0v) is 14.3. The molecule has 0 spiro atoms. The minimum atomic E-state index is 0.444. The first-order valence-corrected chi connectivity index (χ1v) is 8.16. The van der Waals surface area contributed by atoms with Crippen LogP contribution in [0.25, 0.3) is 0 Å². The lowest BCUT2D eigenvalue weighted by Gasteiger charge is -2.17. The molecule has 1 aromatic carbocycles. The molecule has 0 saturated carbocycles. The SMILES string of the molecule is CN=C(NCCCn1ccnc1)NCC(C)c1cccc(C)c1. The molecule has 1 atom stereocenters. The Balaban J connectivity index is 1.70. The molecule has 0 amide bonds. The second kappa shape index (κ2) is 8.98. The van der Waals surface area contributed by atoms with Crippen molar-refractivity contribution in [3.8, 4) is 0 Å². The molecular weight excluding hydrogens is 286 g/mol. The summed E-state index contributed by atoms with van der Waals surface area (Å²) in [7, 11) is 1.81. The van der Waals surface area contributed by atoms with Gasteiger partial charge in [0.05, 0.1) is 6.33 Å². The molecule has 124 valence electrons. The predicted octanol–water partition coefficient (Wildman–Crippen LogP) is 2.55. The maximum absolute atomic E-state index is 4.28. The molecule has 0 radical (unpaired) electrons. The fraction of sp³-hybridized carbons (Fsp3) is 0.444. The summed E-state index contributed by atoms with van der Waals surface area (Å²) < 4.78 is 2.08. The summed E-state index contributed by atoms with van der Waals surface area (Å²) in [5.74, 6) is 1.30. The van der Waals surface area contributed by atoms with Crippen molar-refractivity contribution >= 4 is 5.96 Å². The number of hydrogen-bond acceptors (Lipinski definition) is 2. The van der Waals surface area contributed by atoms with E-state index < -0.39 is 0 Å². The average molecular weight is 313 g/mol. The molecule has 1 heterocycles. The molecule has 0 aliphatic carbocycles. The van der Waals surface area contributed by atoms with Crippen molar-refractivity contribution in [1.29, 1.82) is 0 Å². The molecule has 5 nitrogen and oxygen atoms in total. The zero-order valence-electron chi connectivity index (χ0n) is 14.3. The Hall–Kier alpha value is -2.30. The van der Waals surface area contributed by atoms with E-state index >= 15 is 0 Å². The molecule has 0 aliphatic rings. The number of aromatic nitrogens is 2. The molecule has 2 aromatic rings. The van der Waals surface area contributed by atoms with Gasteiger partial charge in [-0.1, -0.05) is 36.8 Å². The normalized spacial score (nSPS) is 12.9. The molecule has 1 unspecified atom stereocenters. The first-order chi connectivity index (χ1) is 11.2. The van der Waals surface area contributed by atoms with Gasteiger partial charge in [-0.25, -0.2) is 4.98 Å². The Labute approximate surface area is 138 Å². The summed E-state index contributed by atoms with van der Waals surface area (Å²) in [5, 5.41) is 6.76. The number of guanidine groups is 1. The van der Waals surface area contributed by atoms with E-state index in [2.05, 4.69) is 63.3 Å². The van der Waals surface area contributed by atoms with Gasteiger partial charge in [0.15, 0.2) is 5.96 Å². The fourth-order valence-corrected chi connectivity index (χ4v) is 2.45. The van der Waals surface area contributed by atoms with Gasteiger partial charge in [0.25, 0.3) is 0 Å². The number of nitrogens with one attached hydrogen (secondary N) is 2. The van der Waals surface area contributed by atoms with Gasteiger partial charge in [-0.15, -0.1) is 0 Å². The number of rotatable bonds is 7. The summed E-state index contributed by atoms with van der Waals surface area (Å²) in [6.45, 7) is 7.07. The summed E-state index contributed by atoms with van der Waals surface area (Å²) >= 11 is 0. The van der Waals surface area contributed by atoms with Gasteiger partial charge in [0.2, 0.25) is 0 Å². The van der Waals surface area contributed by atoms with Gasteiger partial charge in [-0.2, -0.15) is 0 Å². The van der Waals surface area contributed by atoms with Crippen molar-refractivity contribution in [3.63, 3.8) is 0 Å². The molecule has 23 heavy (non-hydrogen) atoms. The lowest BCUT2D eigenvalue weighted by Crippen LogP contribution is -2.39. The minimum absolute atomic E-state index is 0.444. The number of benzene rings is 1. The van der Waals surface area contributed by atoms with E-state index in [-0.39, 0.29) is 0 Å². The average Bonchev–Trinajstić information content (AvgIpc) is 3.07. The summed E-state index contributed by atoms with van der Waals surface area (Å²) in [5.41, 5.74) is 2.66. The molecule has 0 saturated heterocycles. The largest absolute Gasteiger partial charge is 0.356 e. The van der Waals surface area contributed by atoms with Crippen LogP contribution in [0.4, 0.5) is 0 Å². The van der Waals surface area contributed by atoms with E-state index in [0.29, 0.717) is 5.92 Å². The van der Waals surface area contributed by atoms with Crippen molar-refractivity contribution in [1.82, 2.24) is 20.2 Å². The van der Waals surface area contributed by atoms with E-state index in [0.717, 1.165) is 32.0 Å². The topological polar surface area (TPSA) is 54.2 Å². The predicted molar refractivity (Wildman–Crippen MR) is 95.8 cm³/mol. The third-order valence-corrected chi connectivity index (χ3v) is 3.86. The van der Waals surface area contributed by atoms with Crippen LogP contribution in [0, 0.1) is 6.92 Å². The third-order valence-electron chi connectivity index (χ3n) is 3.86. The van der Waals surface area contributed by atoms with Crippen LogP contribution in [-0.4, -0.2) is 35.6 Å². The molecule has 0 aliphatic heterocycles. The third kappa shape index (κ3) is 5.77. The van der Waals surface area contributed by atoms with E-state index in [9.17, 15) is 0 Å². The molecule has 0 bridgehead atoms. The van der Waals surface area contributed by atoms with Crippen molar-refractivity contribution < 1.29 is 0 Å². The standard InChI is InChI=1S/C18H27N5/c1-15-6-4-7-17(12-15)16(2)13-22-18(19-3)21-8-5-10-23-11-9-20-14-23/h4,6-7,9,11-12,14,16H,5,8,10,13H2,1-3H3,(H2,19,21,22). The second-order valence-electron chi connectivity index (χ2n) is 5.85. The van der Waals surface area contributed by atoms with Crippen LogP contribution in [0.3, 0.4) is 0 Å². The number of aryl methyl sites for hydroxylation is 2. The van der Waals surface area contributed by atoms with Crippen LogP contribution >= 0.6 is 0 Å². The molecule has 2 N–H and O–H groups in total. The number of imidazole rings is 1. The van der Waals surface area contributed by atoms with Gasteiger partial charge in [-0.3, -0.25) is 4.99 Å². The Bertz CT molecular complexity index is 604. The Kier molecular flexibility index (Phi) is 6.66. The van der Waals surface area contributed by atoms with Gasteiger partial charge in [-0.05, 0) is 24.8 Å². The molecular formula is C18H27N5. The summed E-state index contributed by atoms with van der Waals surface area (Å²) in [4.78, 5) is 8.32. The van der Waals surface area contributed by atoms with E-state index in [1.807, 2.05) is 19.6 Å². The molecule has 1 aromatic heterocycles. The van der Waals surface area contributed by atoms with Crippen LogP contribution in [0.1, 0.15) is 30.4 Å². The van der Waals surface area contributed by atoms with Crippen LogP contribution in [0.15, 0.2) is 48.0 Å². The molecule has 5 heteroatoms. The maximum atomic E-state index is 4.28. The van der Waals surface area contributed by atoms with E-state index in [1.165, 1.54) is 11.1 Å². The minimum Gasteiger partial charge on any atom is -0.356 e. The van der Waals surface area contributed by atoms with Gasteiger partial charge in [0.1, 0.15) is 0 Å². The molecule has 2 rings (SSSR count). The first kappa shape index (κ1) is 17.1. The second-order valence-corrected chi connectivity index (χ2v) is 5.85. The van der Waals surface area contributed by atoms with Crippen molar-refractivity contribution in [3.05, 3.63) is 54.1 Å². The summed E-state index contributed by atoms with van der Waals surface area (Å²) in [6, 6.07) is 8.67. The number of nitrogens with zero attached hydrogens (tertiary/aromatic N) is 3. The Morgan fingerprint density at radius 1 is 1.35 bits per heavy atom. The Morgan fingerprint density at radius 3 is 2.91 bits per heavy atom. The van der Waals surface area contributed by atoms with Crippen LogP contribution in [-0.2, 0) is 6.54 Å². The van der Waals surface area contributed by atoms with Gasteiger partial charge < -0.3 is 15.2 Å². The lowest BCUT2D eigenvalue weighted by atomic mass is 9.99. The number of aliphatic imine (C=N–C) groups is 1. The van der Waals surface area contributed by atoms with Crippen LogP contribution in [0.2, 0.25) is 0 Å². The fourth-order valence-electron chi connectivity index (χ4n) is 2.45. The quantitative estimate of drug-likeness (QED) is 0.469. The smallest absolute Gasteiger partial charge is 0.190 e.